The van der Waals surface area contributed by atoms with E-state index in [1.165, 1.54) is 37.3 Å². The number of hydrogen-bond acceptors (Lipinski definition) is 4. The predicted octanol–water partition coefficient (Wildman–Crippen LogP) is 4.75. The summed E-state index contributed by atoms with van der Waals surface area (Å²) in [5.41, 5.74) is 1.53. The zero-order chi connectivity index (χ0) is 21.0. The molecule has 0 radical (unpaired) electrons. The van der Waals surface area contributed by atoms with Gasteiger partial charge in [0.05, 0.1) is 31.0 Å². The minimum absolute atomic E-state index is 0.253. The normalized spacial score (nSPS) is 11.6. The fraction of sp³-hybridized carbons (Fsp3) is 0.182. The first-order chi connectivity index (χ1) is 14.0. The minimum Gasteiger partial charge on any atom is -0.493 e. The maximum atomic E-state index is 13.9. The molecule has 0 saturated heterocycles. The van der Waals surface area contributed by atoms with Gasteiger partial charge in [-0.05, 0) is 42.0 Å². The summed E-state index contributed by atoms with van der Waals surface area (Å²) in [7, 11) is 4.57. The molecule has 1 atom stereocenters. The number of nitrogens with zero attached hydrogens (tertiary/aromatic N) is 2. The molecule has 150 valence electrons. The number of carbonyl (C=O) groups excluding carboxylic acids is 1. The first kappa shape index (κ1) is 20.6. The van der Waals surface area contributed by atoms with Gasteiger partial charge in [0.25, 0.3) is 5.91 Å². The molecule has 2 aromatic carbocycles. The van der Waals surface area contributed by atoms with Crippen molar-refractivity contribution in [3.05, 3.63) is 88.5 Å². The largest absolute Gasteiger partial charge is 0.493 e. The molecule has 0 aliphatic rings. The standard InChI is InChI=1S/C22H20ClFN2O3/c1-26(22(27)15-12-17(23)21(29-3)19(13-15)28-2)20(18-9-4-5-10-25-18)14-7-6-8-16(24)11-14/h4-13,20H,1-3H3/t20-/m0/s1. The number of benzene rings is 2. The van der Waals surface area contributed by atoms with Crippen molar-refractivity contribution < 1.29 is 18.7 Å². The predicted molar refractivity (Wildman–Crippen MR) is 109 cm³/mol. The molecule has 0 fully saturated rings. The van der Waals surface area contributed by atoms with E-state index in [1.54, 1.807) is 43.6 Å². The Kier molecular flexibility index (Phi) is 6.34. The fourth-order valence-electron chi connectivity index (χ4n) is 3.17. The number of methoxy groups -OCH3 is 2. The topological polar surface area (TPSA) is 51.7 Å². The second-order valence-electron chi connectivity index (χ2n) is 6.32. The lowest BCUT2D eigenvalue weighted by atomic mass is 10.0. The Bertz CT molecular complexity index is 1010. The number of hydrogen-bond donors (Lipinski definition) is 0. The second kappa shape index (κ2) is 8.92. The quantitative estimate of drug-likeness (QED) is 0.584. The summed E-state index contributed by atoms with van der Waals surface area (Å²) in [6.07, 6.45) is 1.63. The molecule has 0 unspecified atom stereocenters. The molecule has 1 heterocycles. The molecule has 5 nitrogen and oxygen atoms in total. The van der Waals surface area contributed by atoms with Gasteiger partial charge in [0, 0.05) is 18.8 Å². The number of aromatic nitrogens is 1. The van der Waals surface area contributed by atoms with E-state index >= 15 is 0 Å². The summed E-state index contributed by atoms with van der Waals surface area (Å²) < 4.78 is 24.4. The smallest absolute Gasteiger partial charge is 0.254 e. The highest BCUT2D eigenvalue weighted by atomic mass is 35.5. The highest BCUT2D eigenvalue weighted by Crippen LogP contribution is 2.37. The molecule has 0 aliphatic heterocycles. The van der Waals surface area contributed by atoms with Gasteiger partial charge < -0.3 is 14.4 Å². The van der Waals surface area contributed by atoms with Crippen molar-refractivity contribution in [2.75, 3.05) is 21.3 Å². The van der Waals surface area contributed by atoms with E-state index in [0.717, 1.165) is 0 Å². The third-order valence-electron chi connectivity index (χ3n) is 4.52. The van der Waals surface area contributed by atoms with Gasteiger partial charge in [0.15, 0.2) is 11.5 Å². The molecular weight excluding hydrogens is 395 g/mol. The van der Waals surface area contributed by atoms with Crippen LogP contribution in [0.15, 0.2) is 60.8 Å². The van der Waals surface area contributed by atoms with Gasteiger partial charge in [-0.25, -0.2) is 4.39 Å². The Morgan fingerprint density at radius 2 is 1.90 bits per heavy atom. The van der Waals surface area contributed by atoms with Crippen molar-refractivity contribution in [1.82, 2.24) is 9.88 Å². The van der Waals surface area contributed by atoms with Crippen molar-refractivity contribution in [3.63, 3.8) is 0 Å². The molecule has 0 aliphatic carbocycles. The Morgan fingerprint density at radius 1 is 1.10 bits per heavy atom. The molecule has 3 aromatic rings. The highest BCUT2D eigenvalue weighted by molar-refractivity contribution is 6.32. The van der Waals surface area contributed by atoms with Crippen LogP contribution < -0.4 is 9.47 Å². The van der Waals surface area contributed by atoms with Crippen LogP contribution in [0, 0.1) is 5.82 Å². The average molecular weight is 415 g/mol. The maximum absolute atomic E-state index is 13.9. The van der Waals surface area contributed by atoms with Crippen LogP contribution in [0.5, 0.6) is 11.5 Å². The van der Waals surface area contributed by atoms with Gasteiger partial charge >= 0.3 is 0 Å². The Hall–Kier alpha value is -3.12. The van der Waals surface area contributed by atoms with Gasteiger partial charge in [-0.15, -0.1) is 0 Å². The molecule has 0 spiro atoms. The van der Waals surface area contributed by atoms with Crippen molar-refractivity contribution in [1.29, 1.82) is 0 Å². The Morgan fingerprint density at radius 3 is 2.52 bits per heavy atom. The summed E-state index contributed by atoms with van der Waals surface area (Å²) in [6, 6.07) is 14.0. The SMILES string of the molecule is COc1cc(C(=O)N(C)[C@@H](c2cccc(F)c2)c2ccccn2)cc(Cl)c1OC. The van der Waals surface area contributed by atoms with Crippen LogP contribution in [0.1, 0.15) is 27.7 Å². The van der Waals surface area contributed by atoms with E-state index < -0.39 is 11.9 Å². The molecular formula is C22H20ClFN2O3. The third kappa shape index (κ3) is 4.32. The van der Waals surface area contributed by atoms with Gasteiger partial charge in [-0.3, -0.25) is 9.78 Å². The number of pyridine rings is 1. The Labute approximate surface area is 173 Å². The Balaban J connectivity index is 2.05. The summed E-state index contributed by atoms with van der Waals surface area (Å²) in [5.74, 6) is -0.0251. The zero-order valence-electron chi connectivity index (χ0n) is 16.2. The van der Waals surface area contributed by atoms with Crippen LogP contribution in [-0.2, 0) is 0 Å². The van der Waals surface area contributed by atoms with E-state index in [9.17, 15) is 9.18 Å². The average Bonchev–Trinajstić information content (AvgIpc) is 2.73. The molecule has 0 bridgehead atoms. The van der Waals surface area contributed by atoms with Gasteiger partial charge in [0.1, 0.15) is 5.82 Å². The first-order valence-corrected chi connectivity index (χ1v) is 9.19. The van der Waals surface area contributed by atoms with Crippen LogP contribution in [0.2, 0.25) is 5.02 Å². The summed E-state index contributed by atoms with van der Waals surface area (Å²) in [5, 5.41) is 0.253. The van der Waals surface area contributed by atoms with Crippen molar-refractivity contribution in [2.45, 2.75) is 6.04 Å². The van der Waals surface area contributed by atoms with E-state index in [-0.39, 0.29) is 10.9 Å². The lowest BCUT2D eigenvalue weighted by Gasteiger charge is -2.28. The summed E-state index contributed by atoms with van der Waals surface area (Å²) in [4.78, 5) is 19.2. The third-order valence-corrected chi connectivity index (χ3v) is 4.80. The monoisotopic (exact) mass is 414 g/mol. The number of amides is 1. The van der Waals surface area contributed by atoms with E-state index in [1.807, 2.05) is 6.07 Å². The number of ether oxygens (including phenoxy) is 2. The van der Waals surface area contributed by atoms with E-state index in [4.69, 9.17) is 21.1 Å². The highest BCUT2D eigenvalue weighted by Gasteiger charge is 2.27. The van der Waals surface area contributed by atoms with Gasteiger partial charge in [-0.1, -0.05) is 29.8 Å². The van der Waals surface area contributed by atoms with Crippen molar-refractivity contribution >= 4 is 17.5 Å². The van der Waals surface area contributed by atoms with Gasteiger partial charge in [0.2, 0.25) is 0 Å². The van der Waals surface area contributed by atoms with E-state index in [2.05, 4.69) is 4.98 Å². The fourth-order valence-corrected chi connectivity index (χ4v) is 3.46. The lowest BCUT2D eigenvalue weighted by molar-refractivity contribution is 0.0752. The van der Waals surface area contributed by atoms with Crippen molar-refractivity contribution in [2.24, 2.45) is 0 Å². The van der Waals surface area contributed by atoms with Gasteiger partial charge in [-0.2, -0.15) is 0 Å². The molecule has 1 aromatic heterocycles. The van der Waals surface area contributed by atoms with Crippen LogP contribution >= 0.6 is 11.6 Å². The zero-order valence-corrected chi connectivity index (χ0v) is 17.0. The molecule has 7 heteroatoms. The first-order valence-electron chi connectivity index (χ1n) is 8.81. The van der Waals surface area contributed by atoms with Crippen LogP contribution in [0.3, 0.4) is 0 Å². The number of carbonyl (C=O) groups is 1. The summed E-state index contributed by atoms with van der Waals surface area (Å²) >= 11 is 6.26. The molecule has 0 N–H and O–H groups in total. The van der Waals surface area contributed by atoms with Crippen LogP contribution in [0.4, 0.5) is 4.39 Å². The maximum Gasteiger partial charge on any atom is 0.254 e. The van der Waals surface area contributed by atoms with Crippen LogP contribution in [0.25, 0.3) is 0 Å². The molecule has 29 heavy (non-hydrogen) atoms. The number of rotatable bonds is 6. The minimum atomic E-state index is -0.591. The summed E-state index contributed by atoms with van der Waals surface area (Å²) in [6.45, 7) is 0. The van der Waals surface area contributed by atoms with E-state index in [0.29, 0.717) is 28.3 Å². The molecule has 1 amide bonds. The number of halogens is 2. The lowest BCUT2D eigenvalue weighted by Crippen LogP contribution is -2.32. The molecule has 3 rings (SSSR count). The molecule has 0 saturated carbocycles. The van der Waals surface area contributed by atoms with Crippen LogP contribution in [-0.4, -0.2) is 37.1 Å². The second-order valence-corrected chi connectivity index (χ2v) is 6.73. The van der Waals surface area contributed by atoms with Crippen molar-refractivity contribution in [3.8, 4) is 11.5 Å².